The molecule has 0 aliphatic rings. The van der Waals surface area contributed by atoms with E-state index in [0.29, 0.717) is 5.75 Å². The van der Waals surface area contributed by atoms with Crippen molar-refractivity contribution in [3.8, 4) is 5.75 Å². The average Bonchev–Trinajstić information content (AvgIpc) is 2.48. The Bertz CT molecular complexity index is 659. The van der Waals surface area contributed by atoms with Gasteiger partial charge >= 0.3 is 0 Å². The molecule has 1 amide bonds. The molecule has 108 valence electrons. The standard InChI is InChI=1S/C14H13N3O4/c15-12-7-6-10(8-13(12)17(19)20)16-14(18)9-21-11-4-2-1-3-5-11/h1-8H,9,15H2,(H,16,18). The summed E-state index contributed by atoms with van der Waals surface area (Å²) in [5.41, 5.74) is 5.55. The molecule has 0 fully saturated rings. The molecule has 0 saturated carbocycles. The Balaban J connectivity index is 1.97. The highest BCUT2D eigenvalue weighted by atomic mass is 16.6. The summed E-state index contributed by atoms with van der Waals surface area (Å²) in [7, 11) is 0. The van der Waals surface area contributed by atoms with Crippen LogP contribution in [0.3, 0.4) is 0 Å². The molecule has 3 N–H and O–H groups in total. The molecular weight excluding hydrogens is 274 g/mol. The van der Waals surface area contributed by atoms with Gasteiger partial charge in [-0.1, -0.05) is 18.2 Å². The number of nitrogens with zero attached hydrogens (tertiary/aromatic N) is 1. The number of nitrogens with two attached hydrogens (primary N) is 1. The maximum absolute atomic E-state index is 11.7. The molecule has 2 rings (SSSR count). The molecule has 0 heterocycles. The maximum atomic E-state index is 11.7. The molecule has 2 aromatic rings. The summed E-state index contributed by atoms with van der Waals surface area (Å²) in [6.07, 6.45) is 0. The van der Waals surface area contributed by atoms with E-state index in [1.165, 1.54) is 18.2 Å². The zero-order valence-corrected chi connectivity index (χ0v) is 11.0. The van der Waals surface area contributed by atoms with Crippen LogP contribution in [0.4, 0.5) is 17.1 Å². The molecule has 0 radical (unpaired) electrons. The van der Waals surface area contributed by atoms with Crippen LogP contribution in [0.1, 0.15) is 0 Å². The first kappa shape index (κ1) is 14.3. The van der Waals surface area contributed by atoms with Crippen molar-refractivity contribution in [3.05, 3.63) is 58.6 Å². The number of ether oxygens (including phenoxy) is 1. The van der Waals surface area contributed by atoms with Crippen molar-refractivity contribution in [3.63, 3.8) is 0 Å². The lowest BCUT2D eigenvalue weighted by Crippen LogP contribution is -2.20. The van der Waals surface area contributed by atoms with Crippen molar-refractivity contribution in [2.75, 3.05) is 17.7 Å². The number of amides is 1. The lowest BCUT2D eigenvalue weighted by atomic mass is 10.2. The third-order valence-electron chi connectivity index (χ3n) is 2.62. The SMILES string of the molecule is Nc1ccc(NC(=O)COc2ccccc2)cc1[N+](=O)[O-]. The quantitative estimate of drug-likeness (QED) is 0.498. The fraction of sp³-hybridized carbons (Fsp3) is 0.0714. The summed E-state index contributed by atoms with van der Waals surface area (Å²) in [5.74, 6) is 0.147. The first-order valence-electron chi connectivity index (χ1n) is 6.08. The van der Waals surface area contributed by atoms with Gasteiger partial charge in [0.2, 0.25) is 0 Å². The predicted octanol–water partition coefficient (Wildman–Crippen LogP) is 2.19. The first-order valence-corrected chi connectivity index (χ1v) is 6.08. The minimum absolute atomic E-state index is 0.0403. The Kier molecular flexibility index (Phi) is 4.35. The second-order valence-corrected chi connectivity index (χ2v) is 4.18. The molecule has 0 spiro atoms. The van der Waals surface area contributed by atoms with Crippen molar-refractivity contribution >= 4 is 23.0 Å². The first-order chi connectivity index (χ1) is 10.1. The lowest BCUT2D eigenvalue weighted by Gasteiger charge is -2.07. The summed E-state index contributed by atoms with van der Waals surface area (Å²) in [6.45, 7) is -0.192. The van der Waals surface area contributed by atoms with E-state index in [9.17, 15) is 14.9 Å². The van der Waals surface area contributed by atoms with E-state index >= 15 is 0 Å². The largest absolute Gasteiger partial charge is 0.484 e. The van der Waals surface area contributed by atoms with Crippen LogP contribution >= 0.6 is 0 Å². The molecule has 0 bridgehead atoms. The fourth-order valence-corrected chi connectivity index (χ4v) is 1.64. The number of rotatable bonds is 5. The molecule has 0 aliphatic heterocycles. The third kappa shape index (κ3) is 3.93. The normalized spacial score (nSPS) is 9.90. The van der Waals surface area contributed by atoms with Gasteiger partial charge in [-0.2, -0.15) is 0 Å². The van der Waals surface area contributed by atoms with Crippen molar-refractivity contribution < 1.29 is 14.5 Å². The zero-order valence-electron chi connectivity index (χ0n) is 11.0. The number of hydrogen-bond donors (Lipinski definition) is 2. The summed E-state index contributed by atoms with van der Waals surface area (Å²) in [4.78, 5) is 21.9. The fourth-order valence-electron chi connectivity index (χ4n) is 1.64. The molecule has 7 heteroatoms. The molecular formula is C14H13N3O4. The Morgan fingerprint density at radius 1 is 1.24 bits per heavy atom. The van der Waals surface area contributed by atoms with Crippen molar-refractivity contribution in [2.24, 2.45) is 0 Å². The van der Waals surface area contributed by atoms with E-state index in [-0.39, 0.29) is 23.7 Å². The van der Waals surface area contributed by atoms with Gasteiger partial charge in [-0.05, 0) is 24.3 Å². The zero-order chi connectivity index (χ0) is 15.2. The number of carbonyl (C=O) groups is 1. The topological polar surface area (TPSA) is 107 Å². The number of nitro benzene ring substituents is 1. The molecule has 7 nitrogen and oxygen atoms in total. The monoisotopic (exact) mass is 287 g/mol. The molecule has 0 aliphatic carbocycles. The summed E-state index contributed by atoms with van der Waals surface area (Å²) in [6, 6.07) is 12.9. The van der Waals surface area contributed by atoms with E-state index in [1.54, 1.807) is 24.3 Å². The van der Waals surface area contributed by atoms with Gasteiger partial charge in [-0.3, -0.25) is 14.9 Å². The van der Waals surface area contributed by atoms with E-state index in [1.807, 2.05) is 6.07 Å². The Morgan fingerprint density at radius 3 is 2.62 bits per heavy atom. The van der Waals surface area contributed by atoms with Crippen LogP contribution in [-0.4, -0.2) is 17.4 Å². The second-order valence-electron chi connectivity index (χ2n) is 4.18. The van der Waals surface area contributed by atoms with E-state index < -0.39 is 10.8 Å². The van der Waals surface area contributed by atoms with Crippen molar-refractivity contribution in [1.29, 1.82) is 0 Å². The van der Waals surface area contributed by atoms with E-state index in [2.05, 4.69) is 5.32 Å². The predicted molar refractivity (Wildman–Crippen MR) is 78.1 cm³/mol. The summed E-state index contributed by atoms with van der Waals surface area (Å²) in [5, 5.41) is 13.3. The van der Waals surface area contributed by atoms with Crippen LogP contribution in [0.5, 0.6) is 5.75 Å². The van der Waals surface area contributed by atoms with Gasteiger partial charge in [0.15, 0.2) is 6.61 Å². The Hall–Kier alpha value is -3.09. The molecule has 0 unspecified atom stereocenters. The van der Waals surface area contributed by atoms with Crippen LogP contribution in [0.2, 0.25) is 0 Å². The van der Waals surface area contributed by atoms with Crippen LogP contribution in [0.25, 0.3) is 0 Å². The van der Waals surface area contributed by atoms with Gasteiger partial charge in [0, 0.05) is 11.8 Å². The molecule has 2 aromatic carbocycles. The van der Waals surface area contributed by atoms with E-state index in [4.69, 9.17) is 10.5 Å². The Labute approximate surface area is 120 Å². The number of nitrogens with one attached hydrogen (secondary N) is 1. The molecule has 21 heavy (non-hydrogen) atoms. The van der Waals surface area contributed by atoms with Gasteiger partial charge in [0.05, 0.1) is 4.92 Å². The molecule has 0 saturated heterocycles. The number of benzene rings is 2. The van der Waals surface area contributed by atoms with E-state index in [0.717, 1.165) is 0 Å². The van der Waals surface area contributed by atoms with Gasteiger partial charge in [-0.25, -0.2) is 0 Å². The minimum atomic E-state index is -0.606. The number of hydrogen-bond acceptors (Lipinski definition) is 5. The number of nitrogen functional groups attached to an aromatic ring is 1. The van der Waals surface area contributed by atoms with Crippen LogP contribution in [0, 0.1) is 10.1 Å². The smallest absolute Gasteiger partial charge is 0.294 e. The molecule has 0 aromatic heterocycles. The van der Waals surface area contributed by atoms with Gasteiger partial charge in [0.25, 0.3) is 11.6 Å². The highest BCUT2D eigenvalue weighted by molar-refractivity contribution is 5.92. The minimum Gasteiger partial charge on any atom is -0.484 e. The Morgan fingerprint density at radius 2 is 1.95 bits per heavy atom. The maximum Gasteiger partial charge on any atom is 0.294 e. The van der Waals surface area contributed by atoms with Crippen molar-refractivity contribution in [1.82, 2.24) is 0 Å². The van der Waals surface area contributed by atoms with Crippen LogP contribution in [0.15, 0.2) is 48.5 Å². The summed E-state index contributed by atoms with van der Waals surface area (Å²) < 4.78 is 5.27. The van der Waals surface area contributed by atoms with Gasteiger partial charge in [-0.15, -0.1) is 0 Å². The second kappa shape index (κ2) is 6.38. The number of anilines is 2. The number of para-hydroxylation sites is 1. The van der Waals surface area contributed by atoms with Crippen LogP contribution in [-0.2, 0) is 4.79 Å². The van der Waals surface area contributed by atoms with Crippen LogP contribution < -0.4 is 15.8 Å². The third-order valence-corrected chi connectivity index (χ3v) is 2.62. The highest BCUT2D eigenvalue weighted by Gasteiger charge is 2.13. The number of carbonyl (C=O) groups excluding carboxylic acids is 1. The lowest BCUT2D eigenvalue weighted by molar-refractivity contribution is -0.383. The van der Waals surface area contributed by atoms with Gasteiger partial charge < -0.3 is 15.8 Å². The average molecular weight is 287 g/mol. The van der Waals surface area contributed by atoms with Gasteiger partial charge in [0.1, 0.15) is 11.4 Å². The van der Waals surface area contributed by atoms with Crippen molar-refractivity contribution in [2.45, 2.75) is 0 Å². The summed E-state index contributed by atoms with van der Waals surface area (Å²) >= 11 is 0. The highest BCUT2D eigenvalue weighted by Crippen LogP contribution is 2.24. The number of nitro groups is 1. The molecule has 0 atom stereocenters.